The van der Waals surface area contributed by atoms with Crippen molar-refractivity contribution in [2.45, 2.75) is 39.8 Å². The van der Waals surface area contributed by atoms with Crippen LogP contribution in [0.15, 0.2) is 90.5 Å². The van der Waals surface area contributed by atoms with E-state index < -0.39 is 17.7 Å². The average Bonchev–Trinajstić information content (AvgIpc) is 3.61. The molecule has 2 heterocycles. The van der Waals surface area contributed by atoms with Crippen LogP contribution < -0.4 is 19.1 Å². The summed E-state index contributed by atoms with van der Waals surface area (Å²) in [5, 5.41) is 12.0. The number of ether oxygens (including phenoxy) is 3. The highest BCUT2D eigenvalue weighted by atomic mass is 32.1. The number of Topliss-reactive ketones (excluding diaryl/α,β-unsaturated/α-hetero) is 1. The Morgan fingerprint density at radius 1 is 0.935 bits per heavy atom. The van der Waals surface area contributed by atoms with E-state index in [9.17, 15) is 14.7 Å². The number of methoxy groups -OCH3 is 1. The molecule has 1 unspecified atom stereocenters. The monoisotopic (exact) mass is 634 g/mol. The topological polar surface area (TPSA) is 98.2 Å². The molecular weight excluding hydrogens is 600 g/mol. The molecule has 1 aliphatic heterocycles. The van der Waals surface area contributed by atoms with Gasteiger partial charge in [0.05, 0.1) is 35.5 Å². The molecule has 1 amide bonds. The van der Waals surface area contributed by atoms with Gasteiger partial charge in [-0.05, 0) is 85.0 Å². The SMILES string of the molecule is CCCOc1ccc(C(O)=C2C(=O)C(=O)N(c3nc4c(C)cc(C)cc4s3)C2c2ccc(OCc3ccccc3)c(OC)c2)cc1. The number of ketones is 1. The number of thiazole rings is 1. The largest absolute Gasteiger partial charge is 0.507 e. The zero-order valence-electron chi connectivity index (χ0n) is 26.1. The smallest absolute Gasteiger partial charge is 0.301 e. The van der Waals surface area contributed by atoms with Crippen molar-refractivity contribution >= 4 is 44.1 Å². The Hall–Kier alpha value is -5.15. The van der Waals surface area contributed by atoms with Crippen molar-refractivity contribution in [2.75, 3.05) is 18.6 Å². The second-order valence-electron chi connectivity index (χ2n) is 11.2. The normalized spacial score (nSPS) is 15.8. The van der Waals surface area contributed by atoms with E-state index in [1.165, 1.54) is 23.3 Å². The van der Waals surface area contributed by atoms with Gasteiger partial charge in [0, 0.05) is 5.56 Å². The van der Waals surface area contributed by atoms with E-state index in [1.807, 2.05) is 63.2 Å². The summed E-state index contributed by atoms with van der Waals surface area (Å²) in [5.41, 5.74) is 4.70. The Bertz CT molecular complexity index is 1950. The number of benzene rings is 4. The molecule has 1 saturated heterocycles. The van der Waals surface area contributed by atoms with Gasteiger partial charge in [-0.3, -0.25) is 14.5 Å². The Morgan fingerprint density at radius 2 is 1.70 bits per heavy atom. The lowest BCUT2D eigenvalue weighted by Gasteiger charge is -2.24. The first-order valence-corrected chi connectivity index (χ1v) is 15.9. The molecule has 0 aliphatic carbocycles. The quantitative estimate of drug-likeness (QED) is 0.0947. The van der Waals surface area contributed by atoms with E-state index in [2.05, 4.69) is 0 Å². The van der Waals surface area contributed by atoms with Gasteiger partial charge < -0.3 is 19.3 Å². The number of aliphatic hydroxyl groups excluding tert-OH is 1. The molecule has 1 atom stereocenters. The maximum atomic E-state index is 13.8. The summed E-state index contributed by atoms with van der Waals surface area (Å²) in [5.74, 6) is -0.292. The number of hydrogen-bond donors (Lipinski definition) is 1. The van der Waals surface area contributed by atoms with Crippen molar-refractivity contribution in [3.63, 3.8) is 0 Å². The molecule has 8 nitrogen and oxygen atoms in total. The molecule has 4 aromatic carbocycles. The number of carbonyl (C=O) groups excluding carboxylic acids is 2. The molecule has 0 spiro atoms. The first kappa shape index (κ1) is 30.9. The first-order valence-electron chi connectivity index (χ1n) is 15.1. The van der Waals surface area contributed by atoms with Gasteiger partial charge in [-0.1, -0.05) is 60.7 Å². The van der Waals surface area contributed by atoms with Gasteiger partial charge in [-0.25, -0.2) is 4.98 Å². The van der Waals surface area contributed by atoms with E-state index in [0.29, 0.717) is 46.7 Å². The molecule has 46 heavy (non-hydrogen) atoms. The van der Waals surface area contributed by atoms with Gasteiger partial charge in [0.1, 0.15) is 18.1 Å². The number of aromatic nitrogens is 1. The molecule has 1 fully saturated rings. The van der Waals surface area contributed by atoms with Crippen molar-refractivity contribution in [3.05, 3.63) is 118 Å². The van der Waals surface area contributed by atoms with Crippen LogP contribution in [-0.2, 0) is 16.2 Å². The van der Waals surface area contributed by atoms with Crippen LogP contribution in [0.25, 0.3) is 16.0 Å². The number of anilines is 1. The lowest BCUT2D eigenvalue weighted by Crippen LogP contribution is -2.29. The molecule has 1 aromatic heterocycles. The van der Waals surface area contributed by atoms with E-state index >= 15 is 0 Å². The van der Waals surface area contributed by atoms with Crippen LogP contribution in [0, 0.1) is 13.8 Å². The second kappa shape index (κ2) is 13.1. The molecule has 234 valence electrons. The van der Waals surface area contributed by atoms with Crippen LogP contribution in [0.4, 0.5) is 5.13 Å². The number of rotatable bonds is 10. The molecule has 0 saturated carbocycles. The van der Waals surface area contributed by atoms with Crippen molar-refractivity contribution < 1.29 is 28.9 Å². The predicted octanol–water partition coefficient (Wildman–Crippen LogP) is 7.92. The summed E-state index contributed by atoms with van der Waals surface area (Å²) in [6.07, 6.45) is 0.857. The summed E-state index contributed by atoms with van der Waals surface area (Å²) in [4.78, 5) is 33.8. The average molecular weight is 635 g/mol. The second-order valence-corrected chi connectivity index (χ2v) is 12.2. The zero-order valence-corrected chi connectivity index (χ0v) is 26.9. The van der Waals surface area contributed by atoms with Gasteiger partial charge >= 0.3 is 5.91 Å². The van der Waals surface area contributed by atoms with E-state index in [-0.39, 0.29) is 11.3 Å². The summed E-state index contributed by atoms with van der Waals surface area (Å²) < 4.78 is 18.4. The van der Waals surface area contributed by atoms with Gasteiger partial charge in [0.2, 0.25) is 0 Å². The standard InChI is InChI=1S/C37H34N2O6S/c1-5-17-44-27-14-11-25(12-15-27)34(40)31-33(26-13-16-28(29(20-26)43-4)45-21-24-9-7-6-8-10-24)39(36(42)35(31)41)37-38-32-23(3)18-22(2)19-30(32)46-37/h6-16,18-20,33,40H,5,17,21H2,1-4H3. The molecule has 0 bridgehead atoms. The molecule has 6 rings (SSSR count). The van der Waals surface area contributed by atoms with Gasteiger partial charge in [-0.2, -0.15) is 0 Å². The fraction of sp³-hybridized carbons (Fsp3) is 0.216. The maximum absolute atomic E-state index is 13.8. The predicted molar refractivity (Wildman–Crippen MR) is 180 cm³/mol. The van der Waals surface area contributed by atoms with E-state index in [0.717, 1.165) is 33.3 Å². The summed E-state index contributed by atoms with van der Waals surface area (Å²) in [6, 6.07) is 24.9. The molecule has 5 aromatic rings. The van der Waals surface area contributed by atoms with E-state index in [1.54, 1.807) is 42.5 Å². The van der Waals surface area contributed by atoms with Crippen LogP contribution in [0.5, 0.6) is 17.2 Å². The van der Waals surface area contributed by atoms with Crippen LogP contribution >= 0.6 is 11.3 Å². The number of carbonyl (C=O) groups is 2. The third kappa shape index (κ3) is 5.93. The molecular formula is C37H34N2O6S. The number of aryl methyl sites for hydroxylation is 2. The summed E-state index contributed by atoms with van der Waals surface area (Å²) >= 11 is 1.33. The highest BCUT2D eigenvalue weighted by molar-refractivity contribution is 7.22. The number of nitrogens with zero attached hydrogens (tertiary/aromatic N) is 2. The number of amides is 1. The summed E-state index contributed by atoms with van der Waals surface area (Å²) in [7, 11) is 1.53. The third-order valence-corrected chi connectivity index (χ3v) is 8.81. The highest BCUT2D eigenvalue weighted by Crippen LogP contribution is 2.46. The van der Waals surface area contributed by atoms with Gasteiger partial charge in [0.25, 0.3) is 5.78 Å². The van der Waals surface area contributed by atoms with Crippen LogP contribution in [0.3, 0.4) is 0 Å². The third-order valence-electron chi connectivity index (χ3n) is 7.81. The van der Waals surface area contributed by atoms with Crippen LogP contribution in [0.2, 0.25) is 0 Å². The molecule has 1 aliphatic rings. The number of aliphatic hydroxyl groups is 1. The van der Waals surface area contributed by atoms with Gasteiger partial charge in [-0.15, -0.1) is 0 Å². The molecule has 9 heteroatoms. The van der Waals surface area contributed by atoms with Crippen LogP contribution in [0.1, 0.15) is 47.2 Å². The van der Waals surface area contributed by atoms with Crippen molar-refractivity contribution in [1.29, 1.82) is 0 Å². The Balaban J connectivity index is 1.46. The zero-order chi connectivity index (χ0) is 32.4. The van der Waals surface area contributed by atoms with Gasteiger partial charge in [0.15, 0.2) is 16.6 Å². The molecule has 1 N–H and O–H groups in total. The lowest BCUT2D eigenvalue weighted by atomic mass is 9.95. The highest BCUT2D eigenvalue weighted by Gasteiger charge is 2.48. The first-order chi connectivity index (χ1) is 22.3. The minimum atomic E-state index is -0.977. The van der Waals surface area contributed by atoms with Crippen molar-refractivity contribution in [1.82, 2.24) is 4.98 Å². The minimum absolute atomic E-state index is 0.0422. The minimum Gasteiger partial charge on any atom is -0.507 e. The maximum Gasteiger partial charge on any atom is 0.301 e. The molecule has 0 radical (unpaired) electrons. The van der Waals surface area contributed by atoms with E-state index in [4.69, 9.17) is 19.2 Å². The Morgan fingerprint density at radius 3 is 2.41 bits per heavy atom. The fourth-order valence-corrected chi connectivity index (χ4v) is 6.77. The van der Waals surface area contributed by atoms with Crippen molar-refractivity contribution in [2.24, 2.45) is 0 Å². The number of hydrogen-bond acceptors (Lipinski definition) is 8. The number of fused-ring (bicyclic) bond motifs is 1. The lowest BCUT2D eigenvalue weighted by molar-refractivity contribution is -0.132. The Labute approximate surface area is 271 Å². The van der Waals surface area contributed by atoms with Crippen LogP contribution in [-0.4, -0.2) is 35.5 Å². The van der Waals surface area contributed by atoms with Crippen molar-refractivity contribution in [3.8, 4) is 17.2 Å². The fourth-order valence-electron chi connectivity index (χ4n) is 5.60. The Kier molecular flexibility index (Phi) is 8.76. The summed E-state index contributed by atoms with van der Waals surface area (Å²) in [6.45, 7) is 6.88.